The highest BCUT2D eigenvalue weighted by Gasteiger charge is 2.09. The fourth-order valence-electron chi connectivity index (χ4n) is 1.52. The Balaban J connectivity index is 3.45. The molecule has 3 N–H and O–H groups in total. The number of hydrogen-bond donors (Lipinski definition) is 2. The molecule has 0 aliphatic carbocycles. The first-order chi connectivity index (χ1) is 6.56. The Morgan fingerprint density at radius 2 is 2.00 bits per heavy atom. The van der Waals surface area contributed by atoms with Crippen LogP contribution in [0.2, 0.25) is 0 Å². The second-order valence-corrected chi connectivity index (χ2v) is 4.18. The lowest BCUT2D eigenvalue weighted by molar-refractivity contribution is -0.137. The predicted molar refractivity (Wildman–Crippen MR) is 58.2 cm³/mol. The van der Waals surface area contributed by atoms with Gasteiger partial charge in [-0.25, -0.2) is 0 Å². The molecule has 0 aliphatic heterocycles. The van der Waals surface area contributed by atoms with E-state index in [1.54, 1.807) is 0 Å². The van der Waals surface area contributed by atoms with Crippen LogP contribution < -0.4 is 5.73 Å². The number of hydrogen-bond acceptors (Lipinski definition) is 2. The molecule has 14 heavy (non-hydrogen) atoms. The molecular weight excluding hydrogens is 178 g/mol. The minimum Gasteiger partial charge on any atom is -0.481 e. The van der Waals surface area contributed by atoms with Gasteiger partial charge in [0.05, 0.1) is 6.42 Å². The summed E-state index contributed by atoms with van der Waals surface area (Å²) in [5.41, 5.74) is 5.67. The molecule has 3 heteroatoms. The highest BCUT2D eigenvalue weighted by Crippen LogP contribution is 2.15. The largest absolute Gasteiger partial charge is 0.481 e. The summed E-state index contributed by atoms with van der Waals surface area (Å²) >= 11 is 0. The quantitative estimate of drug-likeness (QED) is 0.633. The molecule has 0 spiro atoms. The first kappa shape index (κ1) is 13.4. The second-order valence-electron chi connectivity index (χ2n) is 4.18. The van der Waals surface area contributed by atoms with Crippen molar-refractivity contribution in [3.05, 3.63) is 0 Å². The molecule has 0 rings (SSSR count). The first-order valence-electron chi connectivity index (χ1n) is 5.53. The fourth-order valence-corrected chi connectivity index (χ4v) is 1.52. The Hall–Kier alpha value is -0.570. The van der Waals surface area contributed by atoms with Gasteiger partial charge in [-0.3, -0.25) is 4.79 Å². The zero-order valence-corrected chi connectivity index (χ0v) is 9.33. The Labute approximate surface area is 86.7 Å². The van der Waals surface area contributed by atoms with Crippen LogP contribution in [0.3, 0.4) is 0 Å². The third kappa shape index (κ3) is 8.05. The molecular formula is C11H23NO2. The zero-order valence-electron chi connectivity index (χ0n) is 9.33. The van der Waals surface area contributed by atoms with Crippen LogP contribution in [0, 0.1) is 5.92 Å². The van der Waals surface area contributed by atoms with Gasteiger partial charge in [-0.05, 0) is 18.8 Å². The molecule has 0 saturated heterocycles. The van der Waals surface area contributed by atoms with Crippen molar-refractivity contribution < 1.29 is 9.90 Å². The van der Waals surface area contributed by atoms with Gasteiger partial charge < -0.3 is 10.8 Å². The van der Waals surface area contributed by atoms with E-state index in [0.717, 1.165) is 12.8 Å². The van der Waals surface area contributed by atoms with Gasteiger partial charge in [0.2, 0.25) is 0 Å². The maximum Gasteiger partial charge on any atom is 0.304 e. The first-order valence-corrected chi connectivity index (χ1v) is 5.53. The number of carboxylic acids is 1. The van der Waals surface area contributed by atoms with E-state index in [1.807, 2.05) is 0 Å². The standard InChI is InChI=1S/C11H23NO2/c1-3-4-5-9(2)6-7-10(12)8-11(13)14/h9-10H,3-8,12H2,1-2H3,(H,13,14). The molecule has 3 nitrogen and oxygen atoms in total. The van der Waals surface area contributed by atoms with E-state index in [2.05, 4.69) is 13.8 Å². The number of carboxylic acid groups (broad SMARTS) is 1. The van der Waals surface area contributed by atoms with Crippen molar-refractivity contribution in [1.82, 2.24) is 0 Å². The Kier molecular flexibility index (Phi) is 7.48. The van der Waals surface area contributed by atoms with Crippen molar-refractivity contribution in [2.45, 2.75) is 58.4 Å². The van der Waals surface area contributed by atoms with Gasteiger partial charge in [-0.1, -0.05) is 33.1 Å². The van der Waals surface area contributed by atoms with Crippen LogP contribution in [-0.4, -0.2) is 17.1 Å². The molecule has 0 bridgehead atoms. The van der Waals surface area contributed by atoms with Gasteiger partial charge >= 0.3 is 5.97 Å². The molecule has 0 radical (unpaired) electrons. The lowest BCUT2D eigenvalue weighted by atomic mass is 9.96. The van der Waals surface area contributed by atoms with Crippen LogP contribution in [-0.2, 0) is 4.79 Å². The Morgan fingerprint density at radius 3 is 2.50 bits per heavy atom. The predicted octanol–water partition coefficient (Wildman–Crippen LogP) is 2.39. The van der Waals surface area contributed by atoms with E-state index in [1.165, 1.54) is 19.3 Å². The Bertz CT molecular complexity index is 159. The normalized spacial score (nSPS) is 15.1. The van der Waals surface area contributed by atoms with Crippen molar-refractivity contribution in [3.8, 4) is 0 Å². The molecule has 2 unspecified atom stereocenters. The van der Waals surface area contributed by atoms with Crippen LogP contribution in [0.5, 0.6) is 0 Å². The average molecular weight is 201 g/mol. The summed E-state index contributed by atoms with van der Waals surface area (Å²) in [6, 6.07) is -0.170. The summed E-state index contributed by atoms with van der Waals surface area (Å²) in [6.07, 6.45) is 5.70. The summed E-state index contributed by atoms with van der Waals surface area (Å²) < 4.78 is 0. The summed E-state index contributed by atoms with van der Waals surface area (Å²) in [4.78, 5) is 10.3. The fraction of sp³-hybridized carbons (Fsp3) is 0.909. The highest BCUT2D eigenvalue weighted by molar-refractivity contribution is 5.67. The van der Waals surface area contributed by atoms with Crippen molar-refractivity contribution in [1.29, 1.82) is 0 Å². The zero-order chi connectivity index (χ0) is 11.0. The van der Waals surface area contributed by atoms with Crippen molar-refractivity contribution in [3.63, 3.8) is 0 Å². The number of unbranched alkanes of at least 4 members (excludes halogenated alkanes) is 1. The maximum absolute atomic E-state index is 10.3. The lowest BCUT2D eigenvalue weighted by Crippen LogP contribution is -2.24. The molecule has 0 heterocycles. The second kappa shape index (κ2) is 7.80. The third-order valence-corrected chi connectivity index (χ3v) is 2.52. The van der Waals surface area contributed by atoms with Gasteiger partial charge in [0.1, 0.15) is 0 Å². The van der Waals surface area contributed by atoms with Gasteiger partial charge in [0, 0.05) is 6.04 Å². The smallest absolute Gasteiger partial charge is 0.304 e. The van der Waals surface area contributed by atoms with Crippen molar-refractivity contribution in [2.24, 2.45) is 11.7 Å². The summed E-state index contributed by atoms with van der Waals surface area (Å²) in [7, 11) is 0. The summed E-state index contributed by atoms with van der Waals surface area (Å²) in [5.74, 6) is -0.117. The van der Waals surface area contributed by atoms with Crippen LogP contribution in [0.15, 0.2) is 0 Å². The number of carbonyl (C=O) groups is 1. The summed E-state index contributed by atoms with van der Waals surface area (Å²) in [5, 5.41) is 8.51. The van der Waals surface area contributed by atoms with Crippen molar-refractivity contribution >= 4 is 5.97 Å². The molecule has 0 aromatic heterocycles. The van der Waals surface area contributed by atoms with E-state index in [-0.39, 0.29) is 12.5 Å². The SMILES string of the molecule is CCCCC(C)CCC(N)CC(=O)O. The third-order valence-electron chi connectivity index (χ3n) is 2.52. The lowest BCUT2D eigenvalue weighted by Gasteiger charge is -2.13. The number of rotatable bonds is 8. The van der Waals surface area contributed by atoms with Gasteiger partial charge in [0.15, 0.2) is 0 Å². The molecule has 84 valence electrons. The Morgan fingerprint density at radius 1 is 1.36 bits per heavy atom. The van der Waals surface area contributed by atoms with Gasteiger partial charge in [-0.15, -0.1) is 0 Å². The van der Waals surface area contributed by atoms with Gasteiger partial charge in [0.25, 0.3) is 0 Å². The topological polar surface area (TPSA) is 63.3 Å². The maximum atomic E-state index is 10.3. The average Bonchev–Trinajstić information content (AvgIpc) is 2.10. The molecule has 0 aromatic carbocycles. The monoisotopic (exact) mass is 201 g/mol. The number of nitrogens with two attached hydrogens (primary N) is 1. The minimum atomic E-state index is -0.793. The van der Waals surface area contributed by atoms with Crippen LogP contribution in [0.25, 0.3) is 0 Å². The van der Waals surface area contributed by atoms with E-state index < -0.39 is 5.97 Å². The molecule has 0 aromatic rings. The molecule has 0 amide bonds. The van der Waals surface area contributed by atoms with E-state index in [0.29, 0.717) is 5.92 Å². The molecule has 2 atom stereocenters. The van der Waals surface area contributed by atoms with Crippen molar-refractivity contribution in [2.75, 3.05) is 0 Å². The van der Waals surface area contributed by atoms with Crippen LogP contribution in [0.4, 0.5) is 0 Å². The van der Waals surface area contributed by atoms with Gasteiger partial charge in [-0.2, -0.15) is 0 Å². The number of aliphatic carboxylic acids is 1. The molecule has 0 aliphatic rings. The minimum absolute atomic E-state index is 0.0977. The van der Waals surface area contributed by atoms with E-state index in [9.17, 15) is 4.79 Å². The van der Waals surface area contributed by atoms with E-state index in [4.69, 9.17) is 10.8 Å². The molecule has 0 saturated carbocycles. The molecule has 0 fully saturated rings. The van der Waals surface area contributed by atoms with E-state index >= 15 is 0 Å². The highest BCUT2D eigenvalue weighted by atomic mass is 16.4. The summed E-state index contributed by atoms with van der Waals surface area (Å²) in [6.45, 7) is 4.39. The van der Waals surface area contributed by atoms with Crippen LogP contribution >= 0.6 is 0 Å². The van der Waals surface area contributed by atoms with Crippen LogP contribution in [0.1, 0.15) is 52.4 Å².